The fourth-order valence-electron chi connectivity index (χ4n) is 2.16. The molecule has 5 heteroatoms. The Bertz CT molecular complexity index is 305. The van der Waals surface area contributed by atoms with Crippen LogP contribution in [-0.2, 0) is 19.1 Å². The van der Waals surface area contributed by atoms with Crippen molar-refractivity contribution in [2.24, 2.45) is 0 Å². The van der Waals surface area contributed by atoms with Gasteiger partial charge < -0.3 is 19.6 Å². The average Bonchev–Trinajstić information content (AvgIpc) is 2.48. The van der Waals surface area contributed by atoms with Crippen LogP contribution >= 0.6 is 0 Å². The SMILES string of the molecule is CC(=O)CCCCCCCCC(=O)NCCOCCOC(C)C. The number of carbonyl (C=O) groups is 2. The van der Waals surface area contributed by atoms with E-state index in [2.05, 4.69) is 5.32 Å². The minimum absolute atomic E-state index is 0.101. The molecule has 0 aromatic heterocycles. The van der Waals surface area contributed by atoms with Crippen molar-refractivity contribution < 1.29 is 19.1 Å². The predicted octanol–water partition coefficient (Wildman–Crippen LogP) is 3.25. The molecule has 23 heavy (non-hydrogen) atoms. The third-order valence-electron chi connectivity index (χ3n) is 3.43. The van der Waals surface area contributed by atoms with Gasteiger partial charge in [0.2, 0.25) is 5.91 Å². The van der Waals surface area contributed by atoms with Crippen molar-refractivity contribution in [2.75, 3.05) is 26.4 Å². The van der Waals surface area contributed by atoms with E-state index in [9.17, 15) is 9.59 Å². The summed E-state index contributed by atoms with van der Waals surface area (Å²) in [6.07, 6.45) is 7.94. The average molecular weight is 329 g/mol. The summed E-state index contributed by atoms with van der Waals surface area (Å²) in [5.41, 5.74) is 0. The zero-order valence-corrected chi connectivity index (χ0v) is 15.2. The van der Waals surface area contributed by atoms with E-state index in [1.54, 1.807) is 6.92 Å². The maximum absolute atomic E-state index is 11.6. The second-order valence-electron chi connectivity index (χ2n) is 6.21. The molecule has 0 heterocycles. The lowest BCUT2D eigenvalue weighted by molar-refractivity contribution is -0.121. The molecule has 1 amide bonds. The maximum atomic E-state index is 11.6. The van der Waals surface area contributed by atoms with Gasteiger partial charge in [-0.15, -0.1) is 0 Å². The molecule has 0 atom stereocenters. The highest BCUT2D eigenvalue weighted by Crippen LogP contribution is 2.08. The Morgan fingerprint density at radius 2 is 1.48 bits per heavy atom. The normalized spacial score (nSPS) is 11.0. The summed E-state index contributed by atoms with van der Waals surface area (Å²) in [6, 6.07) is 0. The van der Waals surface area contributed by atoms with Crippen LogP contribution in [-0.4, -0.2) is 44.2 Å². The van der Waals surface area contributed by atoms with E-state index in [-0.39, 0.29) is 17.8 Å². The minimum atomic E-state index is 0.101. The van der Waals surface area contributed by atoms with Crippen LogP contribution in [0.15, 0.2) is 0 Å². The third kappa shape index (κ3) is 19.0. The molecular weight excluding hydrogens is 294 g/mol. The van der Waals surface area contributed by atoms with Crippen molar-refractivity contribution in [2.45, 2.75) is 78.2 Å². The molecule has 0 aliphatic heterocycles. The smallest absolute Gasteiger partial charge is 0.220 e. The molecule has 0 bridgehead atoms. The Kier molecular flexibility index (Phi) is 15.3. The van der Waals surface area contributed by atoms with Crippen LogP contribution in [0.25, 0.3) is 0 Å². The molecule has 1 N–H and O–H groups in total. The van der Waals surface area contributed by atoms with Gasteiger partial charge in [-0.05, 0) is 33.6 Å². The van der Waals surface area contributed by atoms with Gasteiger partial charge in [-0.25, -0.2) is 0 Å². The summed E-state index contributed by atoms with van der Waals surface area (Å²) in [5.74, 6) is 0.377. The Morgan fingerprint density at radius 3 is 2.09 bits per heavy atom. The Balaban J connectivity index is 3.20. The van der Waals surface area contributed by atoms with Crippen molar-refractivity contribution in [1.82, 2.24) is 5.32 Å². The monoisotopic (exact) mass is 329 g/mol. The van der Waals surface area contributed by atoms with Gasteiger partial charge in [0.15, 0.2) is 0 Å². The van der Waals surface area contributed by atoms with Crippen LogP contribution in [0.5, 0.6) is 0 Å². The van der Waals surface area contributed by atoms with Crippen LogP contribution < -0.4 is 5.32 Å². The zero-order valence-electron chi connectivity index (χ0n) is 15.2. The quantitative estimate of drug-likeness (QED) is 0.441. The second kappa shape index (κ2) is 15.9. The van der Waals surface area contributed by atoms with Gasteiger partial charge in [-0.1, -0.05) is 25.7 Å². The highest BCUT2D eigenvalue weighted by atomic mass is 16.5. The summed E-state index contributed by atoms with van der Waals surface area (Å²) in [7, 11) is 0. The standard InChI is InChI=1S/C18H35NO4/c1-16(2)23-15-14-22-13-12-19-18(21)11-9-7-5-4-6-8-10-17(3)20/h16H,4-15H2,1-3H3,(H,19,21). The van der Waals surface area contributed by atoms with Crippen molar-refractivity contribution in [1.29, 1.82) is 0 Å². The van der Waals surface area contributed by atoms with E-state index in [1.807, 2.05) is 13.8 Å². The summed E-state index contributed by atoms with van der Waals surface area (Å²) >= 11 is 0. The first-order valence-electron chi connectivity index (χ1n) is 8.98. The van der Waals surface area contributed by atoms with Gasteiger partial charge in [-0.2, -0.15) is 0 Å². The van der Waals surface area contributed by atoms with E-state index >= 15 is 0 Å². The van der Waals surface area contributed by atoms with Crippen molar-refractivity contribution >= 4 is 11.7 Å². The number of ketones is 1. The van der Waals surface area contributed by atoms with Gasteiger partial charge >= 0.3 is 0 Å². The molecule has 0 saturated heterocycles. The number of hydrogen-bond donors (Lipinski definition) is 1. The Morgan fingerprint density at radius 1 is 0.870 bits per heavy atom. The van der Waals surface area contributed by atoms with Gasteiger partial charge in [0.1, 0.15) is 5.78 Å². The second-order valence-corrected chi connectivity index (χ2v) is 6.21. The van der Waals surface area contributed by atoms with Gasteiger partial charge in [0.25, 0.3) is 0 Å². The number of rotatable bonds is 16. The topological polar surface area (TPSA) is 64.6 Å². The first-order chi connectivity index (χ1) is 11.0. The zero-order chi connectivity index (χ0) is 17.3. The molecule has 0 aliphatic rings. The maximum Gasteiger partial charge on any atom is 0.220 e. The van der Waals surface area contributed by atoms with Crippen LogP contribution in [0.3, 0.4) is 0 Å². The molecule has 0 radical (unpaired) electrons. The summed E-state index contributed by atoms with van der Waals surface area (Å²) in [4.78, 5) is 22.4. The largest absolute Gasteiger partial charge is 0.377 e. The number of amides is 1. The predicted molar refractivity (Wildman–Crippen MR) is 92.5 cm³/mol. The van der Waals surface area contributed by atoms with E-state index < -0.39 is 0 Å². The number of hydrogen-bond acceptors (Lipinski definition) is 4. The van der Waals surface area contributed by atoms with E-state index in [4.69, 9.17) is 9.47 Å². The van der Waals surface area contributed by atoms with Crippen molar-refractivity contribution in [3.63, 3.8) is 0 Å². The first-order valence-corrected chi connectivity index (χ1v) is 8.98. The van der Waals surface area contributed by atoms with Crippen LogP contribution in [0.2, 0.25) is 0 Å². The highest BCUT2D eigenvalue weighted by molar-refractivity contribution is 5.75. The molecule has 0 saturated carbocycles. The van der Waals surface area contributed by atoms with E-state index in [1.165, 1.54) is 0 Å². The van der Waals surface area contributed by atoms with Gasteiger partial charge in [-0.3, -0.25) is 4.79 Å². The fourth-order valence-corrected chi connectivity index (χ4v) is 2.16. The lowest BCUT2D eigenvalue weighted by atomic mass is 10.1. The summed E-state index contributed by atoms with van der Waals surface area (Å²) in [5, 5.41) is 2.86. The van der Waals surface area contributed by atoms with Crippen LogP contribution in [0, 0.1) is 0 Å². The Hall–Kier alpha value is -0.940. The van der Waals surface area contributed by atoms with Crippen LogP contribution in [0.4, 0.5) is 0 Å². The molecule has 0 fully saturated rings. The minimum Gasteiger partial charge on any atom is -0.377 e. The van der Waals surface area contributed by atoms with Crippen molar-refractivity contribution in [3.8, 4) is 0 Å². The molecule has 0 aromatic rings. The van der Waals surface area contributed by atoms with Gasteiger partial charge in [0, 0.05) is 19.4 Å². The number of nitrogens with one attached hydrogen (secondary N) is 1. The van der Waals surface area contributed by atoms with Crippen LogP contribution in [0.1, 0.15) is 72.1 Å². The summed E-state index contributed by atoms with van der Waals surface area (Å²) < 4.78 is 10.7. The fraction of sp³-hybridized carbons (Fsp3) is 0.889. The lowest BCUT2D eigenvalue weighted by Gasteiger charge is -2.09. The number of unbranched alkanes of at least 4 members (excludes halogenated alkanes) is 5. The highest BCUT2D eigenvalue weighted by Gasteiger charge is 2.01. The van der Waals surface area contributed by atoms with Crippen molar-refractivity contribution in [3.05, 3.63) is 0 Å². The Labute approximate surface area is 141 Å². The third-order valence-corrected chi connectivity index (χ3v) is 3.43. The molecule has 0 spiro atoms. The first kappa shape index (κ1) is 22.1. The number of Topliss-reactive ketones (excluding diaryl/α,β-unsaturated/α-hetero) is 1. The van der Waals surface area contributed by atoms with E-state index in [0.29, 0.717) is 39.2 Å². The number of carbonyl (C=O) groups excluding carboxylic acids is 2. The van der Waals surface area contributed by atoms with E-state index in [0.717, 1.165) is 38.5 Å². The molecule has 0 aromatic carbocycles. The molecule has 0 rings (SSSR count). The summed E-state index contributed by atoms with van der Waals surface area (Å²) in [6.45, 7) is 7.88. The number of ether oxygens (including phenoxy) is 2. The molecule has 5 nitrogen and oxygen atoms in total. The lowest BCUT2D eigenvalue weighted by Crippen LogP contribution is -2.27. The molecule has 136 valence electrons. The molecular formula is C18H35NO4. The van der Waals surface area contributed by atoms with Gasteiger partial charge in [0.05, 0.1) is 25.9 Å². The molecule has 0 aliphatic carbocycles. The molecule has 0 unspecified atom stereocenters.